The summed E-state index contributed by atoms with van der Waals surface area (Å²) in [5.41, 5.74) is 5.45. The van der Waals surface area contributed by atoms with Crippen LogP contribution in [-0.4, -0.2) is 5.91 Å². The number of amides is 1. The Kier molecular flexibility index (Phi) is 5.82. The molecule has 3 rings (SSSR count). The Morgan fingerprint density at radius 1 is 0.846 bits per heavy atom. The van der Waals surface area contributed by atoms with Crippen LogP contribution in [0.15, 0.2) is 78.9 Å². The molecule has 3 N–H and O–H groups in total. The highest BCUT2D eigenvalue weighted by atomic mass is 16.2. The van der Waals surface area contributed by atoms with E-state index in [9.17, 15) is 4.79 Å². The maximum Gasteiger partial charge on any atom is 0.287 e. The van der Waals surface area contributed by atoms with Crippen LogP contribution in [0, 0.1) is 13.8 Å². The first-order valence-corrected chi connectivity index (χ1v) is 8.93. The van der Waals surface area contributed by atoms with Crippen LogP contribution in [0.1, 0.15) is 28.3 Å². The molecule has 0 radical (unpaired) electrons. The lowest BCUT2D eigenvalue weighted by atomic mass is 10.0. The molecular formula is C23H25N2O+. The Morgan fingerprint density at radius 3 is 2.04 bits per heavy atom. The highest BCUT2D eigenvalue weighted by molar-refractivity contribution is 5.94. The van der Waals surface area contributed by atoms with Gasteiger partial charge in [0.15, 0.2) is 6.04 Å². The lowest BCUT2D eigenvalue weighted by Gasteiger charge is -2.16. The van der Waals surface area contributed by atoms with Gasteiger partial charge in [0, 0.05) is 16.8 Å². The van der Waals surface area contributed by atoms with E-state index in [0.29, 0.717) is 0 Å². The highest BCUT2D eigenvalue weighted by Gasteiger charge is 2.24. The fourth-order valence-corrected chi connectivity index (χ4v) is 2.89. The van der Waals surface area contributed by atoms with Gasteiger partial charge in [-0.2, -0.15) is 0 Å². The number of anilines is 1. The number of carbonyl (C=O) groups is 1. The largest absolute Gasteiger partial charge is 0.328 e. The molecule has 0 saturated carbocycles. The summed E-state index contributed by atoms with van der Waals surface area (Å²) in [4.78, 5) is 12.9. The molecule has 0 bridgehead atoms. The van der Waals surface area contributed by atoms with Crippen molar-refractivity contribution in [1.29, 1.82) is 0 Å². The molecule has 0 unspecified atom stereocenters. The van der Waals surface area contributed by atoms with Crippen LogP contribution in [0.25, 0.3) is 0 Å². The third-order valence-electron chi connectivity index (χ3n) is 4.47. The van der Waals surface area contributed by atoms with Crippen molar-refractivity contribution in [3.8, 4) is 0 Å². The zero-order valence-electron chi connectivity index (χ0n) is 15.3. The molecule has 0 spiro atoms. The number of rotatable bonds is 6. The summed E-state index contributed by atoms with van der Waals surface area (Å²) in [6.45, 7) is 4.87. The van der Waals surface area contributed by atoms with Crippen LogP contribution in [0.3, 0.4) is 0 Å². The van der Waals surface area contributed by atoms with Crippen LogP contribution >= 0.6 is 0 Å². The minimum atomic E-state index is -0.293. The van der Waals surface area contributed by atoms with Crippen molar-refractivity contribution in [3.63, 3.8) is 0 Å². The predicted octanol–water partition coefficient (Wildman–Crippen LogP) is 3.75. The molecular weight excluding hydrogens is 320 g/mol. The Morgan fingerprint density at radius 2 is 1.42 bits per heavy atom. The first-order valence-electron chi connectivity index (χ1n) is 8.93. The Bertz CT molecular complexity index is 840. The molecule has 1 amide bonds. The minimum Gasteiger partial charge on any atom is -0.328 e. The van der Waals surface area contributed by atoms with E-state index in [2.05, 4.69) is 41.8 Å². The van der Waals surface area contributed by atoms with E-state index in [1.165, 1.54) is 16.7 Å². The Balaban J connectivity index is 1.75. The summed E-state index contributed by atoms with van der Waals surface area (Å²) in [6.07, 6.45) is 0. The summed E-state index contributed by atoms with van der Waals surface area (Å²) in [6, 6.07) is 26.0. The predicted molar refractivity (Wildman–Crippen MR) is 106 cm³/mol. The van der Waals surface area contributed by atoms with Crippen LogP contribution in [-0.2, 0) is 11.3 Å². The topological polar surface area (TPSA) is 45.7 Å². The normalized spacial score (nSPS) is 11.8. The molecule has 132 valence electrons. The van der Waals surface area contributed by atoms with E-state index in [-0.39, 0.29) is 11.9 Å². The van der Waals surface area contributed by atoms with Gasteiger partial charge in [0.2, 0.25) is 0 Å². The smallest absolute Gasteiger partial charge is 0.287 e. The van der Waals surface area contributed by atoms with E-state index in [1.54, 1.807) is 0 Å². The molecule has 0 aliphatic rings. The van der Waals surface area contributed by atoms with Crippen LogP contribution < -0.4 is 10.6 Å². The summed E-state index contributed by atoms with van der Waals surface area (Å²) in [7, 11) is 0. The van der Waals surface area contributed by atoms with Gasteiger partial charge < -0.3 is 10.6 Å². The van der Waals surface area contributed by atoms with E-state index >= 15 is 0 Å². The van der Waals surface area contributed by atoms with E-state index in [0.717, 1.165) is 17.8 Å². The van der Waals surface area contributed by atoms with Gasteiger partial charge in [-0.3, -0.25) is 4.79 Å². The molecule has 3 heteroatoms. The van der Waals surface area contributed by atoms with Crippen molar-refractivity contribution in [3.05, 3.63) is 101 Å². The van der Waals surface area contributed by atoms with Gasteiger partial charge in [-0.15, -0.1) is 0 Å². The molecule has 26 heavy (non-hydrogen) atoms. The molecule has 1 atom stereocenters. The van der Waals surface area contributed by atoms with Crippen molar-refractivity contribution in [2.24, 2.45) is 0 Å². The van der Waals surface area contributed by atoms with Crippen molar-refractivity contribution in [2.75, 3.05) is 5.32 Å². The second-order valence-corrected chi connectivity index (χ2v) is 6.67. The number of hydrogen-bond acceptors (Lipinski definition) is 1. The van der Waals surface area contributed by atoms with Crippen molar-refractivity contribution in [1.82, 2.24) is 0 Å². The molecule has 3 aromatic carbocycles. The van der Waals surface area contributed by atoms with Gasteiger partial charge in [0.25, 0.3) is 5.91 Å². The molecule has 0 fully saturated rings. The second kappa shape index (κ2) is 8.45. The number of quaternary nitrogens is 1. The van der Waals surface area contributed by atoms with Crippen molar-refractivity contribution < 1.29 is 10.1 Å². The number of carbonyl (C=O) groups excluding carboxylic acids is 1. The fraction of sp³-hybridized carbons (Fsp3) is 0.174. The lowest BCUT2D eigenvalue weighted by molar-refractivity contribution is -0.697. The quantitative estimate of drug-likeness (QED) is 0.702. The zero-order chi connectivity index (χ0) is 18.4. The Hall–Kier alpha value is -2.91. The third-order valence-corrected chi connectivity index (χ3v) is 4.47. The molecule has 3 aromatic rings. The average Bonchev–Trinajstić information content (AvgIpc) is 2.66. The molecule has 0 aliphatic heterocycles. The zero-order valence-corrected chi connectivity index (χ0v) is 15.3. The van der Waals surface area contributed by atoms with Gasteiger partial charge in [0.1, 0.15) is 6.54 Å². The van der Waals surface area contributed by atoms with Gasteiger partial charge in [-0.1, -0.05) is 77.9 Å². The van der Waals surface area contributed by atoms with Crippen LogP contribution in [0.5, 0.6) is 0 Å². The maximum absolute atomic E-state index is 12.9. The first kappa shape index (κ1) is 17.9. The number of hydrogen-bond donors (Lipinski definition) is 2. The molecule has 0 aromatic heterocycles. The number of benzene rings is 3. The lowest BCUT2D eigenvalue weighted by Crippen LogP contribution is -2.85. The molecule has 3 nitrogen and oxygen atoms in total. The number of aryl methyl sites for hydroxylation is 2. The average molecular weight is 345 g/mol. The summed E-state index contributed by atoms with van der Waals surface area (Å²) in [5, 5.41) is 5.13. The minimum absolute atomic E-state index is 0.00725. The van der Waals surface area contributed by atoms with Crippen LogP contribution in [0.2, 0.25) is 0 Å². The number of nitrogens with one attached hydrogen (secondary N) is 1. The third kappa shape index (κ3) is 4.80. The molecule has 0 heterocycles. The number of nitrogens with two attached hydrogens (primary N) is 1. The van der Waals surface area contributed by atoms with Crippen molar-refractivity contribution in [2.45, 2.75) is 26.4 Å². The van der Waals surface area contributed by atoms with Gasteiger partial charge >= 0.3 is 0 Å². The first-order chi connectivity index (χ1) is 12.6. The van der Waals surface area contributed by atoms with E-state index < -0.39 is 0 Å². The summed E-state index contributed by atoms with van der Waals surface area (Å²) in [5.74, 6) is -0.00725. The monoisotopic (exact) mass is 345 g/mol. The van der Waals surface area contributed by atoms with Gasteiger partial charge in [-0.05, 0) is 26.0 Å². The van der Waals surface area contributed by atoms with Gasteiger partial charge in [-0.25, -0.2) is 0 Å². The van der Waals surface area contributed by atoms with Crippen molar-refractivity contribution >= 4 is 11.6 Å². The Labute approximate surface area is 155 Å². The fourth-order valence-electron chi connectivity index (χ4n) is 2.89. The summed E-state index contributed by atoms with van der Waals surface area (Å²) < 4.78 is 0. The SMILES string of the molecule is Cc1ccc(C[NH2+][C@H](C(=O)Nc2ccc(C)cc2)c2ccccc2)cc1. The second-order valence-electron chi connectivity index (χ2n) is 6.67. The standard InChI is InChI=1S/C23H24N2O/c1-17-8-12-19(13-9-17)16-24-22(20-6-4-3-5-7-20)23(26)25-21-14-10-18(2)11-15-21/h3-15,22,24H,16H2,1-2H3,(H,25,26)/p+1/t22-/m0/s1. The summed E-state index contributed by atoms with van der Waals surface area (Å²) >= 11 is 0. The molecule has 0 saturated heterocycles. The van der Waals surface area contributed by atoms with Crippen LogP contribution in [0.4, 0.5) is 5.69 Å². The van der Waals surface area contributed by atoms with E-state index in [1.807, 2.05) is 61.5 Å². The maximum atomic E-state index is 12.9. The highest BCUT2D eigenvalue weighted by Crippen LogP contribution is 2.14. The molecule has 0 aliphatic carbocycles. The van der Waals surface area contributed by atoms with Gasteiger partial charge in [0.05, 0.1) is 0 Å². The van der Waals surface area contributed by atoms with E-state index in [4.69, 9.17) is 0 Å².